The molecule has 2 amide bonds. The summed E-state index contributed by atoms with van der Waals surface area (Å²) in [7, 11) is 0. The van der Waals surface area contributed by atoms with Crippen molar-refractivity contribution in [1.29, 1.82) is 0 Å². The Morgan fingerprint density at radius 3 is 2.44 bits per heavy atom. The van der Waals surface area contributed by atoms with E-state index < -0.39 is 24.0 Å². The molecule has 7 nitrogen and oxygen atoms in total. The Bertz CT molecular complexity index is 1170. The Balaban J connectivity index is 1.69. The predicted octanol–water partition coefficient (Wildman–Crippen LogP) is 4.34. The van der Waals surface area contributed by atoms with Crippen molar-refractivity contribution in [3.8, 4) is 11.5 Å². The fourth-order valence-corrected chi connectivity index (χ4v) is 3.46. The van der Waals surface area contributed by atoms with Gasteiger partial charge in [-0.1, -0.05) is 65.7 Å². The molecule has 3 N–H and O–H groups in total. The number of halogens is 2. The van der Waals surface area contributed by atoms with E-state index in [1.165, 1.54) is 18.3 Å². The van der Waals surface area contributed by atoms with Crippen LogP contribution < -0.4 is 15.5 Å². The number of hydrogen-bond acceptors (Lipinski definition) is 5. The van der Waals surface area contributed by atoms with Crippen molar-refractivity contribution < 1.29 is 19.4 Å². The number of hydrazone groups is 1. The SMILES string of the molecule is C[C@@H](Oc1ccc(Cl)cc1Cl)C(=O)N[C@H](Cc1ccccc1)C(=O)N/N=C\c1ccccc1O. The van der Waals surface area contributed by atoms with Gasteiger partial charge in [-0.05, 0) is 42.8 Å². The number of carbonyl (C=O) groups excluding carboxylic acids is 2. The number of phenolic OH excluding ortho intramolecular Hbond substituents is 1. The Hall–Kier alpha value is -3.55. The molecule has 176 valence electrons. The standard InChI is InChI=1S/C25H23Cl2N3O4/c1-16(34-23-12-11-19(26)14-20(23)27)24(32)29-21(13-17-7-3-2-4-8-17)25(33)30-28-15-18-9-5-6-10-22(18)31/h2-12,14-16,21,31H,13H2,1H3,(H,29,32)(H,30,33)/b28-15-/t16-,21-/m1/s1. The molecule has 34 heavy (non-hydrogen) atoms. The molecule has 0 aliphatic carbocycles. The lowest BCUT2D eigenvalue weighted by Crippen LogP contribution is -2.50. The van der Waals surface area contributed by atoms with E-state index in [2.05, 4.69) is 15.8 Å². The molecule has 0 aliphatic rings. The third-order valence-corrected chi connectivity index (χ3v) is 5.33. The second-order valence-electron chi connectivity index (χ2n) is 7.38. The van der Waals surface area contributed by atoms with Crippen molar-refractivity contribution in [1.82, 2.24) is 10.7 Å². The number of phenols is 1. The van der Waals surface area contributed by atoms with E-state index in [1.807, 2.05) is 30.3 Å². The molecule has 0 bridgehead atoms. The molecule has 3 aromatic rings. The summed E-state index contributed by atoms with van der Waals surface area (Å²) in [4.78, 5) is 25.7. The third kappa shape index (κ3) is 7.23. The topological polar surface area (TPSA) is 100 Å². The number of ether oxygens (including phenoxy) is 1. The first-order valence-electron chi connectivity index (χ1n) is 10.4. The van der Waals surface area contributed by atoms with Crippen molar-refractivity contribution in [2.45, 2.75) is 25.5 Å². The molecular weight excluding hydrogens is 477 g/mol. The van der Waals surface area contributed by atoms with Gasteiger partial charge in [0.05, 0.1) is 11.2 Å². The molecule has 0 unspecified atom stereocenters. The molecular formula is C25H23Cl2N3O4. The highest BCUT2D eigenvalue weighted by Crippen LogP contribution is 2.28. The molecule has 0 heterocycles. The van der Waals surface area contributed by atoms with Crippen molar-refractivity contribution >= 4 is 41.2 Å². The average molecular weight is 500 g/mol. The molecule has 0 saturated heterocycles. The number of rotatable bonds is 9. The number of hydrogen-bond donors (Lipinski definition) is 3. The molecule has 0 fully saturated rings. The number of para-hydroxylation sites is 1. The van der Waals surface area contributed by atoms with Crippen molar-refractivity contribution in [2.24, 2.45) is 5.10 Å². The zero-order chi connectivity index (χ0) is 24.5. The maximum Gasteiger partial charge on any atom is 0.262 e. The monoisotopic (exact) mass is 499 g/mol. The Morgan fingerprint density at radius 2 is 1.74 bits per heavy atom. The highest BCUT2D eigenvalue weighted by molar-refractivity contribution is 6.35. The minimum Gasteiger partial charge on any atom is -0.507 e. The molecule has 3 rings (SSSR count). The zero-order valence-corrected chi connectivity index (χ0v) is 19.8. The van der Waals surface area contributed by atoms with E-state index in [0.717, 1.165) is 5.56 Å². The van der Waals surface area contributed by atoms with E-state index in [1.54, 1.807) is 37.3 Å². The number of carbonyl (C=O) groups is 2. The quantitative estimate of drug-likeness (QED) is 0.301. The summed E-state index contributed by atoms with van der Waals surface area (Å²) >= 11 is 12.0. The molecule has 0 aliphatic heterocycles. The van der Waals surface area contributed by atoms with Crippen LogP contribution in [0.1, 0.15) is 18.1 Å². The van der Waals surface area contributed by atoms with Crippen LogP contribution in [-0.2, 0) is 16.0 Å². The molecule has 0 saturated carbocycles. The van der Waals surface area contributed by atoms with Gasteiger partial charge < -0.3 is 15.2 Å². The largest absolute Gasteiger partial charge is 0.507 e. The van der Waals surface area contributed by atoms with Crippen LogP contribution in [0.15, 0.2) is 77.9 Å². The van der Waals surface area contributed by atoms with Gasteiger partial charge in [-0.2, -0.15) is 5.10 Å². The van der Waals surface area contributed by atoms with Crippen LogP contribution in [0.4, 0.5) is 0 Å². The predicted molar refractivity (Wildman–Crippen MR) is 132 cm³/mol. The lowest BCUT2D eigenvalue weighted by molar-refractivity contribution is -0.132. The van der Waals surface area contributed by atoms with Crippen LogP contribution in [0.5, 0.6) is 11.5 Å². The van der Waals surface area contributed by atoms with Gasteiger partial charge in [0.25, 0.3) is 11.8 Å². The number of benzene rings is 3. The van der Waals surface area contributed by atoms with Gasteiger partial charge in [-0.25, -0.2) is 5.43 Å². The second kappa shape index (κ2) is 12.1. The molecule has 0 spiro atoms. The summed E-state index contributed by atoms with van der Waals surface area (Å²) in [6, 6.07) is 19.6. The van der Waals surface area contributed by atoms with Gasteiger partial charge in [-0.15, -0.1) is 0 Å². The maximum absolute atomic E-state index is 12.9. The molecule has 9 heteroatoms. The summed E-state index contributed by atoms with van der Waals surface area (Å²) in [6.45, 7) is 1.55. The van der Waals surface area contributed by atoms with Gasteiger partial charge >= 0.3 is 0 Å². The number of nitrogens with zero attached hydrogens (tertiary/aromatic N) is 1. The summed E-state index contributed by atoms with van der Waals surface area (Å²) < 4.78 is 5.65. The first-order valence-corrected chi connectivity index (χ1v) is 11.2. The van der Waals surface area contributed by atoms with E-state index in [0.29, 0.717) is 16.3 Å². The second-order valence-corrected chi connectivity index (χ2v) is 8.22. The van der Waals surface area contributed by atoms with Crippen molar-refractivity contribution in [3.05, 3.63) is 94.0 Å². The summed E-state index contributed by atoms with van der Waals surface area (Å²) in [5.41, 5.74) is 3.70. The van der Waals surface area contributed by atoms with E-state index >= 15 is 0 Å². The fourth-order valence-electron chi connectivity index (χ4n) is 3.00. The number of nitrogens with one attached hydrogen (secondary N) is 2. The van der Waals surface area contributed by atoms with E-state index in [9.17, 15) is 14.7 Å². The Morgan fingerprint density at radius 1 is 1.03 bits per heavy atom. The van der Waals surface area contributed by atoms with Gasteiger partial charge in [0, 0.05) is 17.0 Å². The van der Waals surface area contributed by atoms with Gasteiger partial charge in [0.1, 0.15) is 17.5 Å². The minimum absolute atomic E-state index is 0.0291. The molecule has 3 aromatic carbocycles. The van der Waals surface area contributed by atoms with E-state index in [-0.39, 0.29) is 17.2 Å². The Kier molecular flexibility index (Phi) is 8.90. The highest BCUT2D eigenvalue weighted by Gasteiger charge is 2.25. The van der Waals surface area contributed by atoms with Crippen LogP contribution >= 0.6 is 23.2 Å². The van der Waals surface area contributed by atoms with Gasteiger partial charge in [0.2, 0.25) is 0 Å². The van der Waals surface area contributed by atoms with Crippen LogP contribution in [0.25, 0.3) is 0 Å². The number of aromatic hydroxyl groups is 1. The first kappa shape index (κ1) is 25.1. The van der Waals surface area contributed by atoms with Crippen LogP contribution in [-0.4, -0.2) is 35.3 Å². The van der Waals surface area contributed by atoms with Crippen LogP contribution in [0, 0.1) is 0 Å². The van der Waals surface area contributed by atoms with Crippen molar-refractivity contribution in [3.63, 3.8) is 0 Å². The van der Waals surface area contributed by atoms with E-state index in [4.69, 9.17) is 27.9 Å². The molecule has 2 atom stereocenters. The summed E-state index contributed by atoms with van der Waals surface area (Å²) in [6.07, 6.45) is 0.622. The lowest BCUT2D eigenvalue weighted by Gasteiger charge is -2.21. The maximum atomic E-state index is 12.9. The Labute approximate surface area is 207 Å². The third-order valence-electron chi connectivity index (χ3n) is 4.80. The smallest absolute Gasteiger partial charge is 0.262 e. The normalized spacial score (nSPS) is 12.7. The highest BCUT2D eigenvalue weighted by atomic mass is 35.5. The van der Waals surface area contributed by atoms with Crippen LogP contribution in [0.2, 0.25) is 10.0 Å². The van der Waals surface area contributed by atoms with Crippen molar-refractivity contribution in [2.75, 3.05) is 0 Å². The number of amides is 2. The van der Waals surface area contributed by atoms with Gasteiger partial charge in [-0.3, -0.25) is 9.59 Å². The van der Waals surface area contributed by atoms with Gasteiger partial charge in [0.15, 0.2) is 6.10 Å². The lowest BCUT2D eigenvalue weighted by atomic mass is 10.1. The summed E-state index contributed by atoms with van der Waals surface area (Å²) in [5.74, 6) is -0.709. The summed E-state index contributed by atoms with van der Waals surface area (Å²) in [5, 5.41) is 17.2. The average Bonchev–Trinajstić information content (AvgIpc) is 2.82. The minimum atomic E-state index is -0.936. The zero-order valence-electron chi connectivity index (χ0n) is 18.2. The molecule has 0 aromatic heterocycles. The molecule has 0 radical (unpaired) electrons. The van der Waals surface area contributed by atoms with Crippen LogP contribution in [0.3, 0.4) is 0 Å². The fraction of sp³-hybridized carbons (Fsp3) is 0.160. The first-order chi connectivity index (χ1) is 16.3.